The summed E-state index contributed by atoms with van der Waals surface area (Å²) in [6.07, 6.45) is -0.0273. The van der Waals surface area contributed by atoms with E-state index < -0.39 is 11.4 Å². The highest BCUT2D eigenvalue weighted by atomic mass is 16.4. The molecule has 1 rings (SSSR count). The fourth-order valence-corrected chi connectivity index (χ4v) is 1.73. The molecule has 120 valence electrons. The summed E-state index contributed by atoms with van der Waals surface area (Å²) >= 11 is 0. The van der Waals surface area contributed by atoms with Crippen LogP contribution in [0.5, 0.6) is 0 Å². The Bertz CT molecular complexity index is 562. The van der Waals surface area contributed by atoms with E-state index in [1.807, 2.05) is 0 Å². The number of rotatable bonds is 6. The fourth-order valence-electron chi connectivity index (χ4n) is 1.73. The van der Waals surface area contributed by atoms with Crippen LogP contribution in [0.2, 0.25) is 0 Å². The lowest BCUT2D eigenvalue weighted by Crippen LogP contribution is -2.36. The van der Waals surface area contributed by atoms with Gasteiger partial charge in [0.25, 0.3) is 0 Å². The van der Waals surface area contributed by atoms with Crippen LogP contribution in [-0.2, 0) is 20.8 Å². The SMILES string of the molecule is CC(C)(C)C(=O)NCCC(=O)Nc1ccccc1CC(=O)O. The number of hydrogen-bond acceptors (Lipinski definition) is 3. The largest absolute Gasteiger partial charge is 0.481 e. The molecular weight excluding hydrogens is 284 g/mol. The summed E-state index contributed by atoms with van der Waals surface area (Å²) in [7, 11) is 0. The van der Waals surface area contributed by atoms with Crippen molar-refractivity contribution in [2.75, 3.05) is 11.9 Å². The van der Waals surface area contributed by atoms with Crippen molar-refractivity contribution in [3.05, 3.63) is 29.8 Å². The molecule has 0 spiro atoms. The van der Waals surface area contributed by atoms with Gasteiger partial charge < -0.3 is 15.7 Å². The van der Waals surface area contributed by atoms with E-state index in [4.69, 9.17) is 5.11 Å². The normalized spacial score (nSPS) is 10.9. The Labute approximate surface area is 129 Å². The van der Waals surface area contributed by atoms with Gasteiger partial charge in [0.2, 0.25) is 11.8 Å². The Balaban J connectivity index is 2.52. The lowest BCUT2D eigenvalue weighted by atomic mass is 9.96. The van der Waals surface area contributed by atoms with Crippen molar-refractivity contribution in [2.24, 2.45) is 5.41 Å². The minimum Gasteiger partial charge on any atom is -0.481 e. The number of para-hydroxylation sites is 1. The monoisotopic (exact) mass is 306 g/mol. The number of carboxylic acids is 1. The number of carbonyl (C=O) groups excluding carboxylic acids is 2. The molecule has 0 bridgehead atoms. The Kier molecular flexibility index (Phi) is 6.10. The van der Waals surface area contributed by atoms with Gasteiger partial charge in [-0.2, -0.15) is 0 Å². The van der Waals surface area contributed by atoms with Crippen molar-refractivity contribution in [3.8, 4) is 0 Å². The predicted molar refractivity (Wildman–Crippen MR) is 83.5 cm³/mol. The zero-order valence-corrected chi connectivity index (χ0v) is 13.1. The third kappa shape index (κ3) is 5.95. The molecule has 0 saturated heterocycles. The highest BCUT2D eigenvalue weighted by Gasteiger charge is 2.20. The van der Waals surface area contributed by atoms with Crippen LogP contribution in [0.1, 0.15) is 32.8 Å². The molecule has 1 aromatic rings. The molecule has 0 fully saturated rings. The van der Waals surface area contributed by atoms with Crippen LogP contribution in [0.4, 0.5) is 5.69 Å². The van der Waals surface area contributed by atoms with Gasteiger partial charge in [0.15, 0.2) is 0 Å². The van der Waals surface area contributed by atoms with Crippen LogP contribution >= 0.6 is 0 Å². The van der Waals surface area contributed by atoms with E-state index in [0.29, 0.717) is 11.3 Å². The topological polar surface area (TPSA) is 95.5 Å². The van der Waals surface area contributed by atoms with Gasteiger partial charge >= 0.3 is 5.97 Å². The Hall–Kier alpha value is -2.37. The molecule has 0 aliphatic heterocycles. The molecule has 0 aliphatic carbocycles. The smallest absolute Gasteiger partial charge is 0.307 e. The van der Waals surface area contributed by atoms with E-state index in [0.717, 1.165) is 0 Å². The van der Waals surface area contributed by atoms with Crippen LogP contribution in [-0.4, -0.2) is 29.4 Å². The molecule has 3 N–H and O–H groups in total. The molecule has 6 heteroatoms. The Morgan fingerprint density at radius 2 is 1.77 bits per heavy atom. The quantitative estimate of drug-likeness (QED) is 0.747. The third-order valence-electron chi connectivity index (χ3n) is 2.95. The first-order chi connectivity index (χ1) is 10.2. The van der Waals surface area contributed by atoms with Gasteiger partial charge in [0.05, 0.1) is 6.42 Å². The van der Waals surface area contributed by atoms with E-state index in [1.165, 1.54) is 0 Å². The van der Waals surface area contributed by atoms with Gasteiger partial charge in [-0.05, 0) is 11.6 Å². The van der Waals surface area contributed by atoms with Gasteiger partial charge in [-0.15, -0.1) is 0 Å². The molecule has 0 aliphatic rings. The number of carboxylic acid groups (broad SMARTS) is 1. The van der Waals surface area contributed by atoms with Crippen molar-refractivity contribution in [1.29, 1.82) is 0 Å². The minimum absolute atomic E-state index is 0.119. The van der Waals surface area contributed by atoms with Gasteiger partial charge in [-0.1, -0.05) is 39.0 Å². The molecule has 22 heavy (non-hydrogen) atoms. The van der Waals surface area contributed by atoms with Crippen molar-refractivity contribution in [2.45, 2.75) is 33.6 Å². The highest BCUT2D eigenvalue weighted by Crippen LogP contribution is 2.16. The predicted octanol–water partition coefficient (Wildman–Crippen LogP) is 1.80. The highest BCUT2D eigenvalue weighted by molar-refractivity contribution is 5.92. The van der Waals surface area contributed by atoms with Gasteiger partial charge in [-0.25, -0.2) is 0 Å². The molecule has 0 radical (unpaired) electrons. The van der Waals surface area contributed by atoms with Gasteiger partial charge in [-0.3, -0.25) is 14.4 Å². The summed E-state index contributed by atoms with van der Waals surface area (Å²) in [6, 6.07) is 6.76. The summed E-state index contributed by atoms with van der Waals surface area (Å²) in [6.45, 7) is 5.63. The van der Waals surface area contributed by atoms with Crippen molar-refractivity contribution >= 4 is 23.5 Å². The third-order valence-corrected chi connectivity index (χ3v) is 2.95. The van der Waals surface area contributed by atoms with E-state index in [-0.39, 0.29) is 31.2 Å². The zero-order chi connectivity index (χ0) is 16.8. The first-order valence-electron chi connectivity index (χ1n) is 7.08. The number of amides is 2. The van der Waals surface area contributed by atoms with Crippen LogP contribution in [0.15, 0.2) is 24.3 Å². The fraction of sp³-hybridized carbons (Fsp3) is 0.438. The summed E-state index contributed by atoms with van der Waals surface area (Å²) < 4.78 is 0. The first kappa shape index (κ1) is 17.7. The standard InChI is InChI=1S/C16H22N2O4/c1-16(2,3)15(22)17-9-8-13(19)18-12-7-5-4-6-11(12)10-14(20)21/h4-7H,8-10H2,1-3H3,(H,17,22)(H,18,19)(H,20,21). The van der Waals surface area contributed by atoms with E-state index >= 15 is 0 Å². The lowest BCUT2D eigenvalue weighted by Gasteiger charge is -2.17. The average Bonchev–Trinajstić information content (AvgIpc) is 2.39. The molecule has 0 heterocycles. The molecule has 0 aromatic heterocycles. The second kappa shape index (κ2) is 7.59. The molecule has 1 aromatic carbocycles. The molecular formula is C16H22N2O4. The Morgan fingerprint density at radius 3 is 2.36 bits per heavy atom. The molecule has 2 amide bonds. The van der Waals surface area contributed by atoms with Crippen molar-refractivity contribution in [1.82, 2.24) is 5.32 Å². The summed E-state index contributed by atoms with van der Waals surface area (Å²) in [4.78, 5) is 34.3. The van der Waals surface area contributed by atoms with Crippen LogP contribution in [0.25, 0.3) is 0 Å². The molecule has 0 unspecified atom stereocenters. The minimum atomic E-state index is -0.959. The summed E-state index contributed by atoms with van der Waals surface area (Å²) in [5.74, 6) is -1.35. The first-order valence-corrected chi connectivity index (χ1v) is 7.08. The zero-order valence-electron chi connectivity index (χ0n) is 13.1. The van der Waals surface area contributed by atoms with E-state index in [2.05, 4.69) is 10.6 Å². The second-order valence-electron chi connectivity index (χ2n) is 6.03. The van der Waals surface area contributed by atoms with Crippen LogP contribution in [0, 0.1) is 5.41 Å². The van der Waals surface area contributed by atoms with Crippen LogP contribution < -0.4 is 10.6 Å². The van der Waals surface area contributed by atoms with Gasteiger partial charge in [0, 0.05) is 24.1 Å². The lowest BCUT2D eigenvalue weighted by molar-refractivity contribution is -0.136. The Morgan fingerprint density at radius 1 is 1.14 bits per heavy atom. The number of hydrogen-bond donors (Lipinski definition) is 3. The van der Waals surface area contributed by atoms with E-state index in [9.17, 15) is 14.4 Å². The number of nitrogens with one attached hydrogen (secondary N) is 2. The van der Waals surface area contributed by atoms with Crippen LogP contribution in [0.3, 0.4) is 0 Å². The number of anilines is 1. The molecule has 6 nitrogen and oxygen atoms in total. The number of aliphatic carboxylic acids is 1. The number of benzene rings is 1. The molecule has 0 atom stereocenters. The maximum Gasteiger partial charge on any atom is 0.307 e. The van der Waals surface area contributed by atoms with Gasteiger partial charge in [0.1, 0.15) is 0 Å². The maximum absolute atomic E-state index is 11.9. The van der Waals surface area contributed by atoms with Crippen molar-refractivity contribution < 1.29 is 19.5 Å². The van der Waals surface area contributed by atoms with E-state index in [1.54, 1.807) is 45.0 Å². The number of carbonyl (C=O) groups is 3. The van der Waals surface area contributed by atoms with Crippen molar-refractivity contribution in [3.63, 3.8) is 0 Å². The maximum atomic E-state index is 11.9. The molecule has 0 saturated carbocycles. The summed E-state index contributed by atoms with van der Waals surface area (Å²) in [5.41, 5.74) is 0.531. The summed E-state index contributed by atoms with van der Waals surface area (Å²) in [5, 5.41) is 14.2. The second-order valence-corrected chi connectivity index (χ2v) is 6.03. The average molecular weight is 306 g/mol.